The Kier molecular flexibility index (Phi) is 2.07. The Morgan fingerprint density at radius 2 is 2.07 bits per heavy atom. The number of aryl methyl sites for hydroxylation is 2. The van der Waals surface area contributed by atoms with Crippen LogP contribution in [0.3, 0.4) is 0 Å². The zero-order valence-electron chi connectivity index (χ0n) is 8.60. The molecule has 0 amide bonds. The quantitative estimate of drug-likeness (QED) is 0.701. The fraction of sp³-hybridized carbons (Fsp3) is 0.444. The van der Waals surface area contributed by atoms with E-state index in [1.165, 1.54) is 5.69 Å². The van der Waals surface area contributed by atoms with E-state index in [1.807, 2.05) is 20.3 Å². The second-order valence-electron chi connectivity index (χ2n) is 3.34. The van der Waals surface area contributed by atoms with Crippen molar-refractivity contribution in [2.45, 2.75) is 20.4 Å². The van der Waals surface area contributed by atoms with Crippen LogP contribution in [0.15, 0.2) is 12.7 Å². The Hall–Kier alpha value is -1.65. The molecule has 14 heavy (non-hydrogen) atoms. The van der Waals surface area contributed by atoms with Crippen LogP contribution in [0.25, 0.3) is 0 Å². The average molecular weight is 191 g/mol. The Labute approximate surface area is 82.4 Å². The van der Waals surface area contributed by atoms with E-state index >= 15 is 0 Å². The molecule has 0 fully saturated rings. The molecular weight excluding hydrogens is 178 g/mol. The van der Waals surface area contributed by atoms with Crippen molar-refractivity contribution in [3.8, 4) is 0 Å². The third-order valence-corrected chi connectivity index (χ3v) is 2.46. The molecule has 2 rings (SSSR count). The van der Waals surface area contributed by atoms with Crippen molar-refractivity contribution < 1.29 is 0 Å². The van der Waals surface area contributed by atoms with E-state index in [1.54, 1.807) is 11.0 Å². The van der Waals surface area contributed by atoms with Gasteiger partial charge in [-0.05, 0) is 13.8 Å². The van der Waals surface area contributed by atoms with Crippen molar-refractivity contribution in [2.24, 2.45) is 7.05 Å². The first kappa shape index (κ1) is 8.93. The number of rotatable bonds is 2. The van der Waals surface area contributed by atoms with Gasteiger partial charge in [-0.2, -0.15) is 5.10 Å². The summed E-state index contributed by atoms with van der Waals surface area (Å²) in [5.74, 6) is 0.936. The minimum atomic E-state index is 0.725. The molecule has 0 unspecified atom stereocenters. The Balaban J connectivity index is 2.27. The van der Waals surface area contributed by atoms with Crippen molar-refractivity contribution in [1.82, 2.24) is 24.3 Å². The van der Waals surface area contributed by atoms with Crippen molar-refractivity contribution in [3.63, 3.8) is 0 Å². The minimum Gasteiger partial charge on any atom is -0.327 e. The molecule has 74 valence electrons. The second kappa shape index (κ2) is 3.25. The molecule has 0 aliphatic rings. The van der Waals surface area contributed by atoms with Gasteiger partial charge in [0.05, 0.1) is 18.6 Å². The lowest BCUT2D eigenvalue weighted by Crippen LogP contribution is -2.07. The first-order valence-corrected chi connectivity index (χ1v) is 4.49. The van der Waals surface area contributed by atoms with Crippen LogP contribution < -0.4 is 0 Å². The first-order valence-electron chi connectivity index (χ1n) is 4.49. The van der Waals surface area contributed by atoms with Gasteiger partial charge in [0.15, 0.2) is 0 Å². The number of nitrogens with zero attached hydrogens (tertiary/aromatic N) is 5. The summed E-state index contributed by atoms with van der Waals surface area (Å²) in [5.41, 5.74) is 2.24. The third kappa shape index (κ3) is 1.41. The van der Waals surface area contributed by atoms with Gasteiger partial charge >= 0.3 is 0 Å². The van der Waals surface area contributed by atoms with Crippen LogP contribution in [0.1, 0.15) is 17.2 Å². The molecule has 0 saturated heterocycles. The third-order valence-electron chi connectivity index (χ3n) is 2.46. The SMILES string of the molecule is Cc1ncn(Cc2ncnn2C)c1C. The summed E-state index contributed by atoms with van der Waals surface area (Å²) in [7, 11) is 1.89. The topological polar surface area (TPSA) is 48.5 Å². The van der Waals surface area contributed by atoms with Gasteiger partial charge in [-0.1, -0.05) is 0 Å². The van der Waals surface area contributed by atoms with E-state index in [-0.39, 0.29) is 0 Å². The maximum Gasteiger partial charge on any atom is 0.146 e. The summed E-state index contributed by atoms with van der Waals surface area (Å²) < 4.78 is 3.84. The number of hydrogen-bond donors (Lipinski definition) is 0. The number of hydrogen-bond acceptors (Lipinski definition) is 3. The molecule has 0 saturated carbocycles. The Morgan fingerprint density at radius 3 is 2.57 bits per heavy atom. The van der Waals surface area contributed by atoms with E-state index in [0.717, 1.165) is 18.1 Å². The van der Waals surface area contributed by atoms with Gasteiger partial charge in [0.2, 0.25) is 0 Å². The summed E-state index contributed by atoms with van der Waals surface area (Å²) in [6.07, 6.45) is 3.40. The predicted molar refractivity (Wildman–Crippen MR) is 51.8 cm³/mol. The van der Waals surface area contributed by atoms with Gasteiger partial charge in [0, 0.05) is 12.7 Å². The lowest BCUT2D eigenvalue weighted by Gasteiger charge is -2.04. The van der Waals surface area contributed by atoms with Crippen LogP contribution in [0.4, 0.5) is 0 Å². The maximum absolute atomic E-state index is 4.23. The van der Waals surface area contributed by atoms with E-state index in [4.69, 9.17) is 0 Å². The highest BCUT2D eigenvalue weighted by Gasteiger charge is 2.05. The van der Waals surface area contributed by atoms with E-state index in [2.05, 4.69) is 26.6 Å². The predicted octanol–water partition coefficient (Wildman–Crippen LogP) is 0.677. The zero-order valence-corrected chi connectivity index (χ0v) is 8.60. The Bertz CT molecular complexity index is 440. The van der Waals surface area contributed by atoms with Crippen LogP contribution in [-0.4, -0.2) is 24.3 Å². The minimum absolute atomic E-state index is 0.725. The lowest BCUT2D eigenvalue weighted by atomic mass is 10.4. The van der Waals surface area contributed by atoms with E-state index in [0.29, 0.717) is 0 Å². The monoisotopic (exact) mass is 191 g/mol. The van der Waals surface area contributed by atoms with E-state index in [9.17, 15) is 0 Å². The van der Waals surface area contributed by atoms with Crippen LogP contribution in [0, 0.1) is 13.8 Å². The molecule has 2 heterocycles. The van der Waals surface area contributed by atoms with Crippen molar-refractivity contribution in [2.75, 3.05) is 0 Å². The normalized spacial score (nSPS) is 10.8. The van der Waals surface area contributed by atoms with Crippen LogP contribution in [0.2, 0.25) is 0 Å². The molecule has 0 spiro atoms. The molecule has 0 bridgehead atoms. The molecule has 2 aromatic rings. The number of aromatic nitrogens is 5. The second-order valence-corrected chi connectivity index (χ2v) is 3.34. The summed E-state index contributed by atoms with van der Waals surface area (Å²) in [6, 6.07) is 0. The zero-order chi connectivity index (χ0) is 10.1. The molecule has 0 atom stereocenters. The van der Waals surface area contributed by atoms with Crippen molar-refractivity contribution in [3.05, 3.63) is 29.9 Å². The molecule has 5 nitrogen and oxygen atoms in total. The first-order chi connectivity index (χ1) is 6.68. The molecule has 0 aliphatic carbocycles. The highest BCUT2D eigenvalue weighted by atomic mass is 15.3. The fourth-order valence-electron chi connectivity index (χ4n) is 1.32. The smallest absolute Gasteiger partial charge is 0.146 e. The van der Waals surface area contributed by atoms with Crippen LogP contribution in [0.5, 0.6) is 0 Å². The molecule has 0 N–H and O–H groups in total. The average Bonchev–Trinajstić information content (AvgIpc) is 2.68. The lowest BCUT2D eigenvalue weighted by molar-refractivity contribution is 0.644. The van der Waals surface area contributed by atoms with Gasteiger partial charge in [-0.25, -0.2) is 9.97 Å². The largest absolute Gasteiger partial charge is 0.327 e. The van der Waals surface area contributed by atoms with Gasteiger partial charge in [0.25, 0.3) is 0 Å². The summed E-state index contributed by atoms with van der Waals surface area (Å²) >= 11 is 0. The van der Waals surface area contributed by atoms with Crippen LogP contribution in [-0.2, 0) is 13.6 Å². The summed E-state index contributed by atoms with van der Waals surface area (Å²) in [5, 5.41) is 4.02. The molecular formula is C9H13N5. The molecule has 0 aliphatic heterocycles. The van der Waals surface area contributed by atoms with E-state index < -0.39 is 0 Å². The highest BCUT2D eigenvalue weighted by Crippen LogP contribution is 2.06. The fourth-order valence-corrected chi connectivity index (χ4v) is 1.32. The van der Waals surface area contributed by atoms with Crippen LogP contribution >= 0.6 is 0 Å². The summed E-state index contributed by atoms with van der Waals surface area (Å²) in [6.45, 7) is 4.78. The maximum atomic E-state index is 4.23. The van der Waals surface area contributed by atoms with Gasteiger partial charge in [0.1, 0.15) is 12.2 Å². The summed E-state index contributed by atoms with van der Waals surface area (Å²) in [4.78, 5) is 8.40. The molecule has 0 radical (unpaired) electrons. The standard InChI is InChI=1S/C9H13N5/c1-7-8(2)14(6-11-7)4-9-10-5-12-13(9)3/h5-6H,4H2,1-3H3. The Morgan fingerprint density at radius 1 is 1.29 bits per heavy atom. The van der Waals surface area contributed by atoms with Gasteiger partial charge in [-0.15, -0.1) is 0 Å². The van der Waals surface area contributed by atoms with Crippen molar-refractivity contribution in [1.29, 1.82) is 0 Å². The van der Waals surface area contributed by atoms with Gasteiger partial charge < -0.3 is 4.57 Å². The van der Waals surface area contributed by atoms with Gasteiger partial charge in [-0.3, -0.25) is 4.68 Å². The number of imidazole rings is 1. The van der Waals surface area contributed by atoms with Crippen molar-refractivity contribution >= 4 is 0 Å². The molecule has 0 aromatic carbocycles. The highest BCUT2D eigenvalue weighted by molar-refractivity contribution is 5.09. The molecule has 5 heteroatoms. The molecule has 2 aromatic heterocycles.